The van der Waals surface area contributed by atoms with Gasteiger partial charge in [0.25, 0.3) is 0 Å². The molecule has 0 aromatic carbocycles. The number of rotatable bonds is 2. The van der Waals surface area contributed by atoms with Crippen LogP contribution in [0, 0.1) is 0 Å². The Balaban J connectivity index is 2.11. The molecular weight excluding hydrogens is 216 g/mol. The van der Waals surface area contributed by atoms with Gasteiger partial charge in [0.05, 0.1) is 18.3 Å². The highest BCUT2D eigenvalue weighted by molar-refractivity contribution is 4.98. The van der Waals surface area contributed by atoms with Crippen LogP contribution in [0.2, 0.25) is 0 Å². The van der Waals surface area contributed by atoms with Gasteiger partial charge in [0.15, 0.2) is 0 Å². The number of morpholine rings is 1. The smallest absolute Gasteiger partial charge is 0.0753 e. The highest BCUT2D eigenvalue weighted by Gasteiger charge is 2.43. The first kappa shape index (κ1) is 13.3. The normalized spacial score (nSPS) is 39.2. The quantitative estimate of drug-likeness (QED) is 0.784. The first-order chi connectivity index (χ1) is 7.97. The third-order valence-corrected chi connectivity index (χ3v) is 4.11. The third-order valence-electron chi connectivity index (χ3n) is 4.11. The Morgan fingerprint density at radius 1 is 1.35 bits per heavy atom. The molecule has 17 heavy (non-hydrogen) atoms. The molecule has 100 valence electrons. The largest absolute Gasteiger partial charge is 0.378 e. The van der Waals surface area contributed by atoms with Crippen LogP contribution in [-0.2, 0) is 9.47 Å². The molecule has 0 radical (unpaired) electrons. The van der Waals surface area contributed by atoms with Gasteiger partial charge in [-0.25, -0.2) is 0 Å². The summed E-state index contributed by atoms with van der Waals surface area (Å²) in [6.07, 6.45) is 2.40. The summed E-state index contributed by atoms with van der Waals surface area (Å²) in [4.78, 5) is 2.54. The lowest BCUT2D eigenvalue weighted by Crippen LogP contribution is -2.64. The maximum Gasteiger partial charge on any atom is 0.0753 e. The highest BCUT2D eigenvalue weighted by atomic mass is 16.5. The van der Waals surface area contributed by atoms with Crippen molar-refractivity contribution < 1.29 is 9.47 Å². The van der Waals surface area contributed by atoms with Crippen LogP contribution in [0.3, 0.4) is 0 Å². The van der Waals surface area contributed by atoms with Gasteiger partial charge in [-0.1, -0.05) is 0 Å². The fraction of sp³-hybridized carbons (Fsp3) is 1.00. The van der Waals surface area contributed by atoms with Gasteiger partial charge in [0.2, 0.25) is 0 Å². The number of ether oxygens (including phenoxy) is 2. The molecule has 4 nitrogen and oxygen atoms in total. The Morgan fingerprint density at radius 2 is 2.12 bits per heavy atom. The Bertz CT molecular complexity index is 270. The molecule has 2 heterocycles. The minimum absolute atomic E-state index is 0.0536. The summed E-state index contributed by atoms with van der Waals surface area (Å²) in [5.41, 5.74) is 6.15. The Hall–Kier alpha value is -0.160. The lowest BCUT2D eigenvalue weighted by Gasteiger charge is -2.52. The second kappa shape index (κ2) is 4.84. The molecule has 2 aliphatic heterocycles. The summed E-state index contributed by atoms with van der Waals surface area (Å²) < 4.78 is 11.5. The second-order valence-electron chi connectivity index (χ2n) is 6.09. The van der Waals surface area contributed by atoms with Gasteiger partial charge in [0.1, 0.15) is 0 Å². The molecule has 0 aromatic heterocycles. The average Bonchev–Trinajstić information content (AvgIpc) is 2.27. The monoisotopic (exact) mass is 242 g/mol. The minimum atomic E-state index is -0.0536. The van der Waals surface area contributed by atoms with Gasteiger partial charge in [-0.3, -0.25) is 4.90 Å². The molecule has 0 amide bonds. The molecule has 2 rings (SSSR count). The molecule has 2 unspecified atom stereocenters. The highest BCUT2D eigenvalue weighted by Crippen LogP contribution is 2.33. The van der Waals surface area contributed by atoms with Crippen LogP contribution < -0.4 is 5.73 Å². The van der Waals surface area contributed by atoms with E-state index in [1.165, 1.54) is 0 Å². The van der Waals surface area contributed by atoms with Gasteiger partial charge < -0.3 is 15.2 Å². The van der Waals surface area contributed by atoms with Crippen LogP contribution in [-0.4, -0.2) is 55.0 Å². The first-order valence-corrected chi connectivity index (χ1v) is 6.68. The van der Waals surface area contributed by atoms with E-state index in [0.717, 1.165) is 45.7 Å². The molecule has 2 fully saturated rings. The maximum absolute atomic E-state index is 6.08. The van der Waals surface area contributed by atoms with E-state index in [2.05, 4.69) is 25.7 Å². The SMILES string of the molecule is CC1CC(CN)(N2CCOC(C)(C)C2)CCO1. The summed E-state index contributed by atoms with van der Waals surface area (Å²) in [6, 6.07) is 0. The summed E-state index contributed by atoms with van der Waals surface area (Å²) in [5, 5.41) is 0. The maximum atomic E-state index is 6.08. The van der Waals surface area contributed by atoms with E-state index in [0.29, 0.717) is 6.10 Å². The Kier molecular flexibility index (Phi) is 3.78. The number of nitrogens with two attached hydrogens (primary N) is 1. The van der Waals surface area contributed by atoms with Gasteiger partial charge in [-0.05, 0) is 33.6 Å². The first-order valence-electron chi connectivity index (χ1n) is 6.68. The Morgan fingerprint density at radius 3 is 2.71 bits per heavy atom. The van der Waals surface area contributed by atoms with Crippen molar-refractivity contribution in [2.45, 2.75) is 50.9 Å². The van der Waals surface area contributed by atoms with E-state index >= 15 is 0 Å². The zero-order valence-corrected chi connectivity index (χ0v) is 11.4. The van der Waals surface area contributed by atoms with E-state index in [4.69, 9.17) is 15.2 Å². The molecule has 2 saturated heterocycles. The summed E-state index contributed by atoms with van der Waals surface area (Å²) in [5.74, 6) is 0. The fourth-order valence-corrected chi connectivity index (χ4v) is 3.17. The van der Waals surface area contributed by atoms with Crippen LogP contribution in [0.5, 0.6) is 0 Å². The van der Waals surface area contributed by atoms with Crippen molar-refractivity contribution >= 4 is 0 Å². The summed E-state index contributed by atoms with van der Waals surface area (Å²) >= 11 is 0. The lowest BCUT2D eigenvalue weighted by molar-refractivity contribution is -0.142. The third kappa shape index (κ3) is 2.81. The van der Waals surface area contributed by atoms with Crippen molar-refractivity contribution in [1.29, 1.82) is 0 Å². The van der Waals surface area contributed by atoms with Crippen molar-refractivity contribution in [2.24, 2.45) is 5.73 Å². The van der Waals surface area contributed by atoms with Crippen molar-refractivity contribution in [1.82, 2.24) is 4.90 Å². The van der Waals surface area contributed by atoms with E-state index in [-0.39, 0.29) is 11.1 Å². The van der Waals surface area contributed by atoms with Crippen LogP contribution >= 0.6 is 0 Å². The average molecular weight is 242 g/mol. The van der Waals surface area contributed by atoms with E-state index < -0.39 is 0 Å². The minimum Gasteiger partial charge on any atom is -0.378 e. The number of nitrogens with zero attached hydrogens (tertiary/aromatic N) is 1. The second-order valence-corrected chi connectivity index (χ2v) is 6.09. The van der Waals surface area contributed by atoms with Crippen LogP contribution in [0.25, 0.3) is 0 Å². The van der Waals surface area contributed by atoms with Gasteiger partial charge >= 0.3 is 0 Å². The van der Waals surface area contributed by atoms with E-state index in [1.54, 1.807) is 0 Å². The van der Waals surface area contributed by atoms with Crippen LogP contribution in [0.15, 0.2) is 0 Å². The molecule has 0 bridgehead atoms. The van der Waals surface area contributed by atoms with Crippen LogP contribution in [0.4, 0.5) is 0 Å². The van der Waals surface area contributed by atoms with Crippen molar-refractivity contribution in [3.8, 4) is 0 Å². The molecule has 4 heteroatoms. The van der Waals surface area contributed by atoms with E-state index in [9.17, 15) is 0 Å². The standard InChI is InChI=1S/C13H26N2O2/c1-11-8-13(9-14,4-6-16-11)15-5-7-17-12(2,3)10-15/h11H,4-10,14H2,1-3H3. The number of hydrogen-bond donors (Lipinski definition) is 1. The molecular formula is C13H26N2O2. The van der Waals surface area contributed by atoms with Gasteiger partial charge in [-0.15, -0.1) is 0 Å². The van der Waals surface area contributed by atoms with Crippen molar-refractivity contribution in [3.05, 3.63) is 0 Å². The molecule has 0 spiro atoms. The number of hydrogen-bond acceptors (Lipinski definition) is 4. The van der Waals surface area contributed by atoms with Crippen molar-refractivity contribution in [3.63, 3.8) is 0 Å². The molecule has 0 saturated carbocycles. The molecule has 2 aliphatic rings. The molecule has 2 N–H and O–H groups in total. The van der Waals surface area contributed by atoms with Gasteiger partial charge in [-0.2, -0.15) is 0 Å². The predicted molar refractivity (Wildman–Crippen MR) is 68.0 cm³/mol. The lowest BCUT2D eigenvalue weighted by atomic mass is 9.83. The summed E-state index contributed by atoms with van der Waals surface area (Å²) in [6.45, 7) is 10.8. The van der Waals surface area contributed by atoms with E-state index in [1.807, 2.05) is 0 Å². The molecule has 0 aromatic rings. The zero-order chi connectivity index (χ0) is 12.5. The molecule has 0 aliphatic carbocycles. The molecule has 2 atom stereocenters. The topological polar surface area (TPSA) is 47.7 Å². The fourth-order valence-electron chi connectivity index (χ4n) is 3.17. The van der Waals surface area contributed by atoms with Crippen LogP contribution in [0.1, 0.15) is 33.6 Å². The predicted octanol–water partition coefficient (Wildman–Crippen LogP) is 0.994. The summed E-state index contributed by atoms with van der Waals surface area (Å²) in [7, 11) is 0. The van der Waals surface area contributed by atoms with Gasteiger partial charge in [0, 0.05) is 31.8 Å². The van der Waals surface area contributed by atoms with Crippen molar-refractivity contribution in [2.75, 3.05) is 32.8 Å². The Labute approximate surface area is 104 Å². The zero-order valence-electron chi connectivity index (χ0n) is 11.4.